The van der Waals surface area contributed by atoms with E-state index in [4.69, 9.17) is 11.6 Å². The van der Waals surface area contributed by atoms with Gasteiger partial charge < -0.3 is 10.2 Å². The summed E-state index contributed by atoms with van der Waals surface area (Å²) < 4.78 is 23.3. The second-order valence-electron chi connectivity index (χ2n) is 6.35. The molecule has 2 heterocycles. The van der Waals surface area contributed by atoms with Crippen molar-refractivity contribution in [1.29, 1.82) is 0 Å². The van der Waals surface area contributed by atoms with Gasteiger partial charge in [-0.3, -0.25) is 4.79 Å². The Kier molecular flexibility index (Phi) is 5.48. The number of benzene rings is 1. The molecule has 1 N–H and O–H groups in total. The fourth-order valence-electron chi connectivity index (χ4n) is 2.94. The van der Waals surface area contributed by atoms with Crippen LogP contribution in [-0.4, -0.2) is 48.8 Å². The molecule has 0 aliphatic carbocycles. The van der Waals surface area contributed by atoms with Gasteiger partial charge in [-0.2, -0.15) is 0 Å². The van der Waals surface area contributed by atoms with Crippen LogP contribution in [0.5, 0.6) is 0 Å². The maximum Gasteiger partial charge on any atom is 0.254 e. The van der Waals surface area contributed by atoms with Gasteiger partial charge in [-0.15, -0.1) is 0 Å². The number of carbonyl (C=O) groups is 1. The van der Waals surface area contributed by atoms with Crippen molar-refractivity contribution in [1.82, 2.24) is 9.88 Å². The highest BCUT2D eigenvalue weighted by molar-refractivity contribution is 7.91. The zero-order valence-corrected chi connectivity index (χ0v) is 15.9. The summed E-state index contributed by atoms with van der Waals surface area (Å²) in [6, 6.07) is 10.5. The number of hydrogen-bond donors (Lipinski definition) is 1. The Labute approximate surface area is 158 Å². The van der Waals surface area contributed by atoms with Gasteiger partial charge in [0.25, 0.3) is 5.91 Å². The van der Waals surface area contributed by atoms with Gasteiger partial charge in [0, 0.05) is 36.4 Å². The minimum Gasteiger partial charge on any atom is -0.366 e. The maximum atomic E-state index is 12.7. The van der Waals surface area contributed by atoms with E-state index in [1.54, 1.807) is 25.4 Å². The summed E-state index contributed by atoms with van der Waals surface area (Å²) in [5.74, 6) is 0.507. The van der Waals surface area contributed by atoms with Crippen molar-refractivity contribution in [2.45, 2.75) is 19.0 Å². The van der Waals surface area contributed by atoms with E-state index in [1.165, 1.54) is 4.90 Å². The van der Waals surface area contributed by atoms with Crippen LogP contribution in [0.25, 0.3) is 0 Å². The minimum absolute atomic E-state index is 0.0257. The van der Waals surface area contributed by atoms with Gasteiger partial charge in [0.05, 0.1) is 11.5 Å². The van der Waals surface area contributed by atoms with Crippen LogP contribution in [0.3, 0.4) is 0 Å². The SMILES string of the molecule is CN(C(=O)c1ccnc(NCc2ccccc2Cl)c1)C1CCS(=O)(=O)C1. The molecule has 0 saturated carbocycles. The van der Waals surface area contributed by atoms with E-state index in [1.807, 2.05) is 24.3 Å². The number of halogens is 1. The number of nitrogens with zero attached hydrogens (tertiary/aromatic N) is 2. The average Bonchev–Trinajstić information content (AvgIpc) is 3.00. The van der Waals surface area contributed by atoms with Crippen LogP contribution in [0.15, 0.2) is 42.6 Å². The van der Waals surface area contributed by atoms with Gasteiger partial charge in [-0.25, -0.2) is 13.4 Å². The minimum atomic E-state index is -3.04. The first-order valence-corrected chi connectivity index (χ1v) is 10.5. The Hall–Kier alpha value is -2.12. The van der Waals surface area contributed by atoms with Gasteiger partial charge in [-0.1, -0.05) is 29.8 Å². The zero-order chi connectivity index (χ0) is 18.7. The van der Waals surface area contributed by atoms with E-state index in [9.17, 15) is 13.2 Å². The van der Waals surface area contributed by atoms with Gasteiger partial charge in [-0.05, 0) is 30.2 Å². The van der Waals surface area contributed by atoms with Crippen molar-refractivity contribution in [3.05, 3.63) is 58.7 Å². The van der Waals surface area contributed by atoms with Gasteiger partial charge in [0.15, 0.2) is 9.84 Å². The van der Waals surface area contributed by atoms with Gasteiger partial charge >= 0.3 is 0 Å². The molecule has 2 aromatic rings. The second-order valence-corrected chi connectivity index (χ2v) is 8.98. The molecule has 138 valence electrons. The fourth-order valence-corrected chi connectivity index (χ4v) is 4.92. The van der Waals surface area contributed by atoms with Crippen LogP contribution >= 0.6 is 11.6 Å². The molecule has 8 heteroatoms. The Morgan fingerprint density at radius 3 is 2.81 bits per heavy atom. The molecule has 1 aliphatic rings. The molecular formula is C18H20ClN3O3S. The number of hydrogen-bond acceptors (Lipinski definition) is 5. The molecule has 1 saturated heterocycles. The van der Waals surface area contributed by atoms with Crippen molar-refractivity contribution in [3.8, 4) is 0 Å². The number of carbonyl (C=O) groups excluding carboxylic acids is 1. The summed E-state index contributed by atoms with van der Waals surface area (Å²) in [4.78, 5) is 18.4. The molecule has 26 heavy (non-hydrogen) atoms. The highest BCUT2D eigenvalue weighted by Crippen LogP contribution is 2.20. The first-order chi connectivity index (χ1) is 12.4. The van der Waals surface area contributed by atoms with E-state index in [0.717, 1.165) is 5.56 Å². The van der Waals surface area contributed by atoms with E-state index >= 15 is 0 Å². The first kappa shape index (κ1) is 18.7. The molecule has 3 rings (SSSR count). The monoisotopic (exact) mass is 393 g/mol. The number of pyridine rings is 1. The Morgan fingerprint density at radius 1 is 1.35 bits per heavy atom. The number of anilines is 1. The highest BCUT2D eigenvalue weighted by Gasteiger charge is 2.33. The van der Waals surface area contributed by atoms with Crippen molar-refractivity contribution in [2.24, 2.45) is 0 Å². The van der Waals surface area contributed by atoms with Crippen molar-refractivity contribution in [3.63, 3.8) is 0 Å². The lowest BCUT2D eigenvalue weighted by atomic mass is 10.1. The van der Waals surface area contributed by atoms with Crippen LogP contribution in [-0.2, 0) is 16.4 Å². The molecule has 6 nitrogen and oxygen atoms in total. The molecular weight excluding hydrogens is 374 g/mol. The van der Waals surface area contributed by atoms with Crippen molar-refractivity contribution in [2.75, 3.05) is 23.9 Å². The smallest absolute Gasteiger partial charge is 0.254 e. The number of sulfone groups is 1. The standard InChI is InChI=1S/C18H20ClN3O3S/c1-22(15-7-9-26(24,25)12-15)18(23)13-6-8-20-17(10-13)21-11-14-4-2-3-5-16(14)19/h2-6,8,10,15H,7,9,11-12H2,1H3,(H,20,21). The third-order valence-corrected chi connectivity index (χ3v) is 6.62. The average molecular weight is 394 g/mol. The van der Waals surface area contributed by atoms with Gasteiger partial charge in [0.1, 0.15) is 5.82 Å². The molecule has 1 aromatic carbocycles. The summed E-state index contributed by atoms with van der Waals surface area (Å²) in [5.41, 5.74) is 1.40. The molecule has 0 radical (unpaired) electrons. The molecule has 1 amide bonds. The summed E-state index contributed by atoms with van der Waals surface area (Å²) in [6.07, 6.45) is 2.04. The van der Waals surface area contributed by atoms with Crippen molar-refractivity contribution < 1.29 is 13.2 Å². The fraction of sp³-hybridized carbons (Fsp3) is 0.333. The van der Waals surface area contributed by atoms with E-state index in [-0.39, 0.29) is 23.5 Å². The lowest BCUT2D eigenvalue weighted by Gasteiger charge is -2.23. The van der Waals surface area contributed by atoms with Crippen LogP contribution in [0.1, 0.15) is 22.3 Å². The molecule has 1 atom stereocenters. The number of aromatic nitrogens is 1. The maximum absolute atomic E-state index is 12.7. The van der Waals surface area contributed by atoms with Crippen LogP contribution in [0.4, 0.5) is 5.82 Å². The van der Waals surface area contributed by atoms with Crippen LogP contribution in [0, 0.1) is 0 Å². The number of rotatable bonds is 5. The Morgan fingerprint density at radius 2 is 2.12 bits per heavy atom. The summed E-state index contributed by atoms with van der Waals surface area (Å²) in [6.45, 7) is 0.487. The second kappa shape index (κ2) is 7.63. The normalized spacial score (nSPS) is 18.5. The van der Waals surface area contributed by atoms with E-state index in [2.05, 4.69) is 10.3 Å². The van der Waals surface area contributed by atoms with Crippen molar-refractivity contribution >= 4 is 33.2 Å². The predicted octanol–water partition coefficient (Wildman–Crippen LogP) is 2.61. The molecule has 1 unspecified atom stereocenters. The summed E-state index contributed by atoms with van der Waals surface area (Å²) >= 11 is 6.14. The lowest BCUT2D eigenvalue weighted by molar-refractivity contribution is 0.0747. The third kappa shape index (κ3) is 4.34. The summed E-state index contributed by atoms with van der Waals surface area (Å²) in [7, 11) is -1.39. The topological polar surface area (TPSA) is 79.4 Å². The first-order valence-electron chi connectivity index (χ1n) is 8.26. The largest absolute Gasteiger partial charge is 0.366 e. The lowest BCUT2D eigenvalue weighted by Crippen LogP contribution is -2.37. The summed E-state index contributed by atoms with van der Waals surface area (Å²) in [5, 5.41) is 3.82. The molecule has 1 aromatic heterocycles. The predicted molar refractivity (Wildman–Crippen MR) is 102 cm³/mol. The Bertz CT molecular complexity index is 917. The quantitative estimate of drug-likeness (QED) is 0.844. The molecule has 0 spiro atoms. The van der Waals surface area contributed by atoms with Gasteiger partial charge in [0.2, 0.25) is 0 Å². The number of amides is 1. The Balaban J connectivity index is 1.68. The number of nitrogens with one attached hydrogen (secondary N) is 1. The zero-order valence-electron chi connectivity index (χ0n) is 14.4. The van der Waals surface area contributed by atoms with Crippen LogP contribution < -0.4 is 5.32 Å². The third-order valence-electron chi connectivity index (χ3n) is 4.50. The molecule has 1 fully saturated rings. The van der Waals surface area contributed by atoms with E-state index < -0.39 is 9.84 Å². The molecule has 1 aliphatic heterocycles. The van der Waals surface area contributed by atoms with Crippen LogP contribution in [0.2, 0.25) is 5.02 Å². The van der Waals surface area contributed by atoms with E-state index in [0.29, 0.717) is 29.4 Å². The molecule has 0 bridgehead atoms. The highest BCUT2D eigenvalue weighted by atomic mass is 35.5.